The molecule has 9 rings (SSSR count). The van der Waals surface area contributed by atoms with Gasteiger partial charge in [-0.3, -0.25) is 0 Å². The molecule has 1 heterocycles. The van der Waals surface area contributed by atoms with Gasteiger partial charge in [0.15, 0.2) is 0 Å². The largest absolute Gasteiger partial charge is 0.455 e. The molecule has 43 heavy (non-hydrogen) atoms. The maximum atomic E-state index is 6.61. The van der Waals surface area contributed by atoms with Crippen LogP contribution in [0.25, 0.3) is 82.1 Å². The van der Waals surface area contributed by atoms with E-state index in [1.807, 2.05) is 0 Å². The number of allylic oxidation sites excluding steroid dienone is 4. The maximum absolute atomic E-state index is 6.61. The van der Waals surface area contributed by atoms with E-state index in [1.54, 1.807) is 0 Å². The molecule has 202 valence electrons. The molecule has 0 atom stereocenters. The summed E-state index contributed by atoms with van der Waals surface area (Å²) in [5.74, 6) is 0. The second kappa shape index (κ2) is 9.58. The van der Waals surface area contributed by atoms with Crippen molar-refractivity contribution in [3.05, 3.63) is 151 Å². The molecule has 1 nitrogen and oxygen atoms in total. The highest BCUT2D eigenvalue weighted by Crippen LogP contribution is 2.47. The number of hydrogen-bond donors (Lipinski definition) is 0. The van der Waals surface area contributed by atoms with Crippen LogP contribution in [-0.2, 0) is 0 Å². The van der Waals surface area contributed by atoms with Crippen molar-refractivity contribution in [2.24, 2.45) is 0 Å². The van der Waals surface area contributed by atoms with Gasteiger partial charge in [-0.25, -0.2) is 0 Å². The van der Waals surface area contributed by atoms with E-state index in [-0.39, 0.29) is 0 Å². The lowest BCUT2D eigenvalue weighted by Gasteiger charge is -2.19. The van der Waals surface area contributed by atoms with Gasteiger partial charge in [-0.05, 0) is 91.4 Å². The minimum atomic E-state index is 0.920. The van der Waals surface area contributed by atoms with Gasteiger partial charge in [0.1, 0.15) is 11.2 Å². The average Bonchev–Trinajstić information content (AvgIpc) is 3.47. The Morgan fingerprint density at radius 1 is 0.512 bits per heavy atom. The summed E-state index contributed by atoms with van der Waals surface area (Å²) >= 11 is 0. The minimum absolute atomic E-state index is 0.920. The predicted octanol–water partition coefficient (Wildman–Crippen LogP) is 12.1. The van der Waals surface area contributed by atoms with Gasteiger partial charge in [0.05, 0.1) is 0 Å². The van der Waals surface area contributed by atoms with Crippen molar-refractivity contribution in [3.8, 4) is 22.3 Å². The molecular weight excluding hydrogens is 520 g/mol. The summed E-state index contributed by atoms with van der Waals surface area (Å²) in [5, 5.41) is 9.71. The zero-order chi connectivity index (χ0) is 28.3. The average molecular weight is 549 g/mol. The summed E-state index contributed by atoms with van der Waals surface area (Å²) in [7, 11) is 0. The van der Waals surface area contributed by atoms with E-state index in [0.29, 0.717) is 0 Å². The molecule has 0 amide bonds. The summed E-state index contributed by atoms with van der Waals surface area (Å²) in [6.07, 6.45) is 8.88. The van der Waals surface area contributed by atoms with Crippen LogP contribution in [0.15, 0.2) is 150 Å². The van der Waals surface area contributed by atoms with E-state index in [2.05, 4.69) is 146 Å². The van der Waals surface area contributed by atoms with Crippen LogP contribution in [0.2, 0.25) is 0 Å². The van der Waals surface area contributed by atoms with Gasteiger partial charge in [0.25, 0.3) is 0 Å². The van der Waals surface area contributed by atoms with Crippen molar-refractivity contribution in [1.29, 1.82) is 0 Å². The first kappa shape index (κ1) is 24.2. The Kier molecular flexibility index (Phi) is 5.39. The van der Waals surface area contributed by atoms with E-state index in [9.17, 15) is 0 Å². The molecule has 1 aliphatic carbocycles. The Morgan fingerprint density at radius 2 is 1.19 bits per heavy atom. The molecule has 8 aromatic rings. The lowest BCUT2D eigenvalue weighted by Crippen LogP contribution is -1.93. The molecule has 0 bridgehead atoms. The lowest BCUT2D eigenvalue weighted by molar-refractivity contribution is 0.673. The Morgan fingerprint density at radius 3 is 1.93 bits per heavy atom. The van der Waals surface area contributed by atoms with E-state index in [0.717, 1.165) is 34.8 Å². The fourth-order valence-corrected chi connectivity index (χ4v) is 7.21. The van der Waals surface area contributed by atoms with Crippen molar-refractivity contribution in [2.75, 3.05) is 0 Å². The zero-order valence-electron chi connectivity index (χ0n) is 23.7. The van der Waals surface area contributed by atoms with Gasteiger partial charge in [0.2, 0.25) is 0 Å². The molecule has 0 spiro atoms. The van der Waals surface area contributed by atoms with Crippen molar-refractivity contribution >= 4 is 59.8 Å². The van der Waals surface area contributed by atoms with Crippen LogP contribution in [0.1, 0.15) is 18.4 Å². The number of fused-ring (bicyclic) bond motifs is 7. The van der Waals surface area contributed by atoms with Gasteiger partial charge < -0.3 is 4.42 Å². The van der Waals surface area contributed by atoms with Crippen LogP contribution in [0, 0.1) is 0 Å². The third-order valence-corrected chi connectivity index (χ3v) is 9.12. The van der Waals surface area contributed by atoms with Gasteiger partial charge in [0, 0.05) is 16.2 Å². The molecular formula is C42H28O. The van der Waals surface area contributed by atoms with Crippen molar-refractivity contribution < 1.29 is 4.42 Å². The summed E-state index contributed by atoms with van der Waals surface area (Å²) in [5.41, 5.74) is 9.59. The maximum Gasteiger partial charge on any atom is 0.143 e. The first-order chi connectivity index (χ1) is 21.3. The molecule has 1 heteroatoms. The summed E-state index contributed by atoms with van der Waals surface area (Å²) in [4.78, 5) is 0. The van der Waals surface area contributed by atoms with Crippen molar-refractivity contribution in [2.45, 2.75) is 12.8 Å². The fourth-order valence-electron chi connectivity index (χ4n) is 7.21. The van der Waals surface area contributed by atoms with Crippen molar-refractivity contribution in [1.82, 2.24) is 0 Å². The van der Waals surface area contributed by atoms with Crippen LogP contribution in [0.3, 0.4) is 0 Å². The van der Waals surface area contributed by atoms with E-state index in [4.69, 9.17) is 4.42 Å². The highest BCUT2D eigenvalue weighted by molar-refractivity contribution is 6.27. The summed E-state index contributed by atoms with van der Waals surface area (Å²) < 4.78 is 6.61. The SMILES string of the molecule is C1=CCCC(c2cccc(-c3c4ccccc4c(-c4cccc5oc6c7ccccc7ccc6c45)c4ccccc34)c2)=C1. The molecule has 0 saturated heterocycles. The van der Waals surface area contributed by atoms with Crippen LogP contribution in [0.5, 0.6) is 0 Å². The van der Waals surface area contributed by atoms with Gasteiger partial charge in [-0.2, -0.15) is 0 Å². The molecule has 0 aliphatic heterocycles. The monoisotopic (exact) mass is 548 g/mol. The standard InChI is InChI=1S/C42H28O/c1-2-12-27(13-3-1)29-15-10-16-30(26-29)39-32-18-6-8-20-34(32)40(35-21-9-7-19-33(35)39)36-22-11-23-38-41(36)37-25-24-28-14-4-5-17-31(28)42(37)43-38/h1-2,4-12,14-26H,3,13H2. The Labute approximate surface area is 250 Å². The normalized spacial score (nSPS) is 13.4. The smallest absolute Gasteiger partial charge is 0.143 e. The molecule has 0 saturated carbocycles. The number of hydrogen-bond acceptors (Lipinski definition) is 1. The fraction of sp³-hybridized carbons (Fsp3) is 0.0476. The van der Waals surface area contributed by atoms with Crippen LogP contribution >= 0.6 is 0 Å². The van der Waals surface area contributed by atoms with Gasteiger partial charge >= 0.3 is 0 Å². The molecule has 0 fully saturated rings. The van der Waals surface area contributed by atoms with Crippen LogP contribution in [0.4, 0.5) is 0 Å². The third-order valence-electron chi connectivity index (χ3n) is 9.12. The lowest BCUT2D eigenvalue weighted by atomic mass is 9.84. The Hall–Kier alpha value is -5.40. The molecule has 1 aliphatic rings. The number of furan rings is 1. The van der Waals surface area contributed by atoms with Crippen LogP contribution < -0.4 is 0 Å². The highest BCUT2D eigenvalue weighted by Gasteiger charge is 2.21. The first-order valence-corrected chi connectivity index (χ1v) is 15.1. The summed E-state index contributed by atoms with van der Waals surface area (Å²) in [6.45, 7) is 0. The quantitative estimate of drug-likeness (QED) is 0.200. The number of rotatable bonds is 3. The van der Waals surface area contributed by atoms with E-state index < -0.39 is 0 Å². The zero-order valence-corrected chi connectivity index (χ0v) is 23.7. The molecule has 1 aromatic heterocycles. The van der Waals surface area contributed by atoms with E-state index in [1.165, 1.54) is 65.7 Å². The topological polar surface area (TPSA) is 13.1 Å². The predicted molar refractivity (Wildman–Crippen MR) is 183 cm³/mol. The molecule has 7 aromatic carbocycles. The highest BCUT2D eigenvalue weighted by atomic mass is 16.3. The van der Waals surface area contributed by atoms with Crippen LogP contribution in [-0.4, -0.2) is 0 Å². The third kappa shape index (κ3) is 3.72. The Balaban J connectivity index is 1.38. The summed E-state index contributed by atoms with van der Waals surface area (Å²) in [6, 6.07) is 46.4. The van der Waals surface area contributed by atoms with Gasteiger partial charge in [-0.15, -0.1) is 0 Å². The minimum Gasteiger partial charge on any atom is -0.455 e. The molecule has 0 radical (unpaired) electrons. The van der Waals surface area contributed by atoms with E-state index >= 15 is 0 Å². The molecule has 0 N–H and O–H groups in total. The second-order valence-corrected chi connectivity index (χ2v) is 11.5. The van der Waals surface area contributed by atoms with Crippen molar-refractivity contribution in [3.63, 3.8) is 0 Å². The molecule has 0 unspecified atom stereocenters. The second-order valence-electron chi connectivity index (χ2n) is 11.5. The first-order valence-electron chi connectivity index (χ1n) is 15.1. The number of benzene rings is 7. The Bertz CT molecular complexity index is 2390. The van der Waals surface area contributed by atoms with Gasteiger partial charge in [-0.1, -0.05) is 127 Å².